The Balaban J connectivity index is 1.22. The minimum Gasteiger partial charge on any atom is -0.478 e. The smallest absolute Gasteiger partial charge is 0.335 e. The van der Waals surface area contributed by atoms with Crippen LogP contribution in [0.1, 0.15) is 48.2 Å². The van der Waals surface area contributed by atoms with E-state index in [1.807, 2.05) is 12.1 Å². The van der Waals surface area contributed by atoms with Crippen LogP contribution >= 0.6 is 0 Å². The molecule has 1 aliphatic heterocycles. The quantitative estimate of drug-likeness (QED) is 0.637. The van der Waals surface area contributed by atoms with Gasteiger partial charge in [-0.25, -0.2) is 4.79 Å². The first-order valence-electron chi connectivity index (χ1n) is 11.0. The Morgan fingerprint density at radius 1 is 1.17 bits per heavy atom. The van der Waals surface area contributed by atoms with Crippen LogP contribution in [0.3, 0.4) is 0 Å². The maximum absolute atomic E-state index is 11.0. The van der Waals surface area contributed by atoms with Crippen LogP contribution in [0, 0.1) is 11.3 Å². The lowest BCUT2D eigenvalue weighted by Gasteiger charge is -2.48. The van der Waals surface area contributed by atoms with E-state index in [2.05, 4.69) is 60.5 Å². The molecule has 0 bridgehead atoms. The number of rotatable bonds is 9. The fourth-order valence-corrected chi connectivity index (χ4v) is 4.71. The summed E-state index contributed by atoms with van der Waals surface area (Å²) in [4.78, 5) is 13.4. The molecule has 2 aliphatic rings. The summed E-state index contributed by atoms with van der Waals surface area (Å²) in [5.41, 5.74) is 4.71. The lowest BCUT2D eigenvalue weighted by Crippen LogP contribution is -2.58. The highest BCUT2D eigenvalue weighted by Gasteiger charge is 2.43. The second-order valence-electron chi connectivity index (χ2n) is 9.27. The zero-order chi connectivity index (χ0) is 21.1. The minimum absolute atomic E-state index is 0.323. The van der Waals surface area contributed by atoms with E-state index in [0.29, 0.717) is 22.9 Å². The molecule has 0 amide bonds. The van der Waals surface area contributed by atoms with Crippen LogP contribution in [-0.4, -0.2) is 41.7 Å². The Labute approximate surface area is 179 Å². The first-order chi connectivity index (χ1) is 14.5. The predicted octanol–water partition coefficient (Wildman–Crippen LogP) is 4.68. The van der Waals surface area contributed by atoms with Gasteiger partial charge in [-0.05, 0) is 42.0 Å². The molecule has 30 heavy (non-hydrogen) atoms. The summed E-state index contributed by atoms with van der Waals surface area (Å²) in [6, 6.07) is 18.5. The Hall–Kier alpha value is -2.43. The molecular weight excluding hydrogens is 372 g/mol. The van der Waals surface area contributed by atoms with E-state index >= 15 is 0 Å². The Morgan fingerprint density at radius 2 is 1.87 bits per heavy atom. The van der Waals surface area contributed by atoms with Crippen LogP contribution in [0.15, 0.2) is 60.2 Å². The molecular formula is C26H32N2O2. The van der Waals surface area contributed by atoms with Crippen molar-refractivity contribution in [1.82, 2.24) is 10.2 Å². The van der Waals surface area contributed by atoms with Gasteiger partial charge in [0.05, 0.1) is 5.56 Å². The second kappa shape index (κ2) is 8.75. The molecule has 2 aromatic carbocycles. The number of likely N-dealkylation sites (tertiary alicyclic amines) is 1. The zero-order valence-electron chi connectivity index (χ0n) is 18.0. The van der Waals surface area contributed by atoms with Crippen molar-refractivity contribution in [2.24, 2.45) is 11.3 Å². The maximum Gasteiger partial charge on any atom is 0.335 e. The molecule has 1 saturated carbocycles. The van der Waals surface area contributed by atoms with Crippen molar-refractivity contribution in [2.45, 2.75) is 39.3 Å². The minimum atomic E-state index is -0.868. The van der Waals surface area contributed by atoms with Crippen LogP contribution in [-0.2, 0) is 6.54 Å². The summed E-state index contributed by atoms with van der Waals surface area (Å²) in [5.74, 6) is -0.185. The van der Waals surface area contributed by atoms with Crippen molar-refractivity contribution in [3.63, 3.8) is 0 Å². The van der Waals surface area contributed by atoms with Gasteiger partial charge in [0.15, 0.2) is 0 Å². The molecule has 0 spiro atoms. The number of hydrogen-bond donors (Lipinski definition) is 2. The Morgan fingerprint density at radius 3 is 2.50 bits per heavy atom. The Bertz CT molecular complexity index is 898. The van der Waals surface area contributed by atoms with Gasteiger partial charge in [-0.2, -0.15) is 0 Å². The summed E-state index contributed by atoms with van der Waals surface area (Å²) in [7, 11) is 0. The highest BCUT2D eigenvalue weighted by Crippen LogP contribution is 2.41. The molecule has 2 fully saturated rings. The molecule has 4 rings (SSSR count). The molecule has 0 radical (unpaired) electrons. The molecule has 4 nitrogen and oxygen atoms in total. The third-order valence-electron chi connectivity index (χ3n) is 6.44. The van der Waals surface area contributed by atoms with E-state index in [1.54, 1.807) is 17.7 Å². The van der Waals surface area contributed by atoms with Crippen LogP contribution < -0.4 is 5.32 Å². The number of carboxylic acids is 1. The van der Waals surface area contributed by atoms with Gasteiger partial charge in [0.2, 0.25) is 0 Å². The zero-order valence-corrected chi connectivity index (χ0v) is 18.0. The van der Waals surface area contributed by atoms with Crippen molar-refractivity contribution in [2.75, 3.05) is 19.6 Å². The molecule has 2 N–H and O–H groups in total. The van der Waals surface area contributed by atoms with Crippen molar-refractivity contribution in [3.05, 3.63) is 76.9 Å². The molecule has 2 atom stereocenters. The average molecular weight is 405 g/mol. The molecule has 1 aliphatic carbocycles. The van der Waals surface area contributed by atoms with Crippen molar-refractivity contribution in [1.29, 1.82) is 0 Å². The average Bonchev–Trinajstić information content (AvgIpc) is 3.50. The van der Waals surface area contributed by atoms with Crippen LogP contribution in [0.2, 0.25) is 0 Å². The van der Waals surface area contributed by atoms with E-state index in [0.717, 1.165) is 32.6 Å². The number of hydrogen-bond acceptors (Lipinski definition) is 3. The summed E-state index contributed by atoms with van der Waals surface area (Å²) in [6.07, 6.45) is 4.74. The first-order valence-corrected chi connectivity index (χ1v) is 11.0. The number of nitrogens with zero attached hydrogens (tertiary/aromatic N) is 1. The highest BCUT2D eigenvalue weighted by molar-refractivity contribution is 5.87. The van der Waals surface area contributed by atoms with Gasteiger partial charge in [0.25, 0.3) is 0 Å². The fraction of sp³-hybridized carbons (Fsp3) is 0.423. The van der Waals surface area contributed by atoms with Crippen molar-refractivity contribution in [3.8, 4) is 0 Å². The van der Waals surface area contributed by atoms with Crippen LogP contribution in [0.25, 0.3) is 6.08 Å². The lowest BCUT2D eigenvalue weighted by atomic mass is 9.81. The third-order valence-corrected chi connectivity index (χ3v) is 6.44. The van der Waals surface area contributed by atoms with E-state index in [9.17, 15) is 4.79 Å². The normalized spacial score (nSPS) is 23.1. The van der Waals surface area contributed by atoms with Crippen LogP contribution in [0.5, 0.6) is 0 Å². The first kappa shape index (κ1) is 20.8. The SMILES string of the molecule is CC/C(=C\c1ccccc1)C1CC1NCC1(C)CN(Cc2ccc(C(=O)O)cc2)C1. The van der Waals surface area contributed by atoms with Gasteiger partial charge < -0.3 is 10.4 Å². The number of nitrogens with one attached hydrogen (secondary N) is 1. The standard InChI is InChI=1S/C26H32N2O2/c1-3-21(13-19-7-5-4-6-8-19)23-14-24(23)27-16-26(2)17-28(18-26)15-20-9-11-22(12-10-20)25(29)30/h4-13,23-24,27H,3,14-18H2,1-2H3,(H,29,30)/b21-13+. The molecule has 2 unspecified atom stereocenters. The third kappa shape index (κ3) is 5.00. The van der Waals surface area contributed by atoms with Gasteiger partial charge in [0.1, 0.15) is 0 Å². The van der Waals surface area contributed by atoms with Gasteiger partial charge >= 0.3 is 5.97 Å². The molecule has 4 heteroatoms. The predicted molar refractivity (Wildman–Crippen MR) is 121 cm³/mol. The molecule has 158 valence electrons. The lowest BCUT2D eigenvalue weighted by molar-refractivity contribution is 0.00931. The second-order valence-corrected chi connectivity index (χ2v) is 9.27. The largest absolute Gasteiger partial charge is 0.478 e. The van der Waals surface area contributed by atoms with E-state index in [-0.39, 0.29) is 0 Å². The topological polar surface area (TPSA) is 52.6 Å². The Kier molecular flexibility index (Phi) is 6.07. The summed E-state index contributed by atoms with van der Waals surface area (Å²) in [6.45, 7) is 8.74. The summed E-state index contributed by atoms with van der Waals surface area (Å²) < 4.78 is 0. The van der Waals surface area contributed by atoms with E-state index in [1.165, 1.54) is 17.5 Å². The van der Waals surface area contributed by atoms with Crippen molar-refractivity contribution >= 4 is 12.0 Å². The van der Waals surface area contributed by atoms with Crippen LogP contribution in [0.4, 0.5) is 0 Å². The highest BCUT2D eigenvalue weighted by atomic mass is 16.4. The van der Waals surface area contributed by atoms with E-state index in [4.69, 9.17) is 5.11 Å². The van der Waals surface area contributed by atoms with E-state index < -0.39 is 5.97 Å². The van der Waals surface area contributed by atoms with Crippen molar-refractivity contribution < 1.29 is 9.90 Å². The summed E-state index contributed by atoms with van der Waals surface area (Å²) in [5, 5.41) is 12.8. The maximum atomic E-state index is 11.0. The molecule has 0 aromatic heterocycles. The number of carboxylic acid groups (broad SMARTS) is 1. The molecule has 1 heterocycles. The van der Waals surface area contributed by atoms with Gasteiger partial charge in [0, 0.05) is 37.6 Å². The number of benzene rings is 2. The van der Waals surface area contributed by atoms with Gasteiger partial charge in [-0.3, -0.25) is 4.90 Å². The molecule has 2 aromatic rings. The monoisotopic (exact) mass is 404 g/mol. The molecule has 1 saturated heterocycles. The fourth-order valence-electron chi connectivity index (χ4n) is 4.71. The number of aromatic carboxylic acids is 1. The summed E-state index contributed by atoms with van der Waals surface area (Å²) >= 11 is 0. The number of carbonyl (C=O) groups is 1. The van der Waals surface area contributed by atoms with Gasteiger partial charge in [-0.1, -0.05) is 68.0 Å². The van der Waals surface area contributed by atoms with Gasteiger partial charge in [-0.15, -0.1) is 0 Å².